The maximum absolute atomic E-state index is 12.4. The fraction of sp³-hybridized carbons (Fsp3) is 0.0769. The van der Waals surface area contributed by atoms with Crippen LogP contribution in [0.3, 0.4) is 0 Å². The highest BCUT2D eigenvalue weighted by molar-refractivity contribution is 5.96. The van der Waals surface area contributed by atoms with Crippen molar-refractivity contribution in [3.8, 4) is 5.69 Å². The van der Waals surface area contributed by atoms with E-state index in [1.54, 1.807) is 12.3 Å². The van der Waals surface area contributed by atoms with E-state index in [0.717, 1.165) is 28.0 Å². The molecule has 0 saturated carbocycles. The molecule has 0 aliphatic heterocycles. The molecule has 0 aliphatic rings. The molecule has 5 rings (SSSR count). The van der Waals surface area contributed by atoms with Gasteiger partial charge in [0.25, 0.3) is 0 Å². The number of carbonyl (C=O) groups excluding carboxylic acids is 1. The number of hydrogen-bond donors (Lipinski definition) is 1. The Balaban J connectivity index is 1.38. The summed E-state index contributed by atoms with van der Waals surface area (Å²) in [6.07, 6.45) is 1.67. The summed E-state index contributed by atoms with van der Waals surface area (Å²) < 4.78 is 7.77. The Morgan fingerprint density at radius 2 is 1.65 bits per heavy atom. The number of amides is 1. The standard InChI is InChI=1S/C26H21N3O2/c1-17-13-22(16-27-28-26(30)25-15-21-9-5-6-10-24(21)31-25)18(2)29(17)23-12-11-19-7-3-4-8-20(19)14-23/h3-16H,1-2H3,(H,28,30)/b27-16+. The molecule has 0 radical (unpaired) electrons. The Kier molecular flexibility index (Phi) is 4.64. The van der Waals surface area contributed by atoms with Gasteiger partial charge in [0.2, 0.25) is 0 Å². The number of hydrogen-bond acceptors (Lipinski definition) is 3. The van der Waals surface area contributed by atoms with Gasteiger partial charge in [0.1, 0.15) is 5.58 Å². The van der Waals surface area contributed by atoms with E-state index in [2.05, 4.69) is 58.4 Å². The van der Waals surface area contributed by atoms with Crippen molar-refractivity contribution in [2.45, 2.75) is 13.8 Å². The predicted octanol–water partition coefficient (Wildman–Crippen LogP) is 5.76. The Bertz CT molecular complexity index is 1420. The Labute approximate surface area is 179 Å². The number of nitrogens with zero attached hydrogens (tertiary/aromatic N) is 2. The summed E-state index contributed by atoms with van der Waals surface area (Å²) in [5.41, 5.74) is 7.42. The second-order valence-electron chi connectivity index (χ2n) is 7.54. The summed E-state index contributed by atoms with van der Waals surface area (Å²) in [4.78, 5) is 12.4. The highest BCUT2D eigenvalue weighted by atomic mass is 16.3. The molecule has 0 unspecified atom stereocenters. The van der Waals surface area contributed by atoms with Gasteiger partial charge >= 0.3 is 5.91 Å². The Morgan fingerprint density at radius 3 is 2.45 bits per heavy atom. The molecule has 5 heteroatoms. The molecule has 0 aliphatic carbocycles. The van der Waals surface area contributed by atoms with Crippen molar-refractivity contribution in [2.75, 3.05) is 0 Å². The van der Waals surface area contributed by atoms with Crippen LogP contribution in [0.5, 0.6) is 0 Å². The molecule has 152 valence electrons. The SMILES string of the molecule is Cc1cc(/C=N/NC(=O)c2cc3ccccc3o2)c(C)n1-c1ccc2ccccc2c1. The van der Waals surface area contributed by atoms with E-state index in [1.165, 1.54) is 10.8 Å². The number of hydrazone groups is 1. The predicted molar refractivity (Wildman–Crippen MR) is 124 cm³/mol. The van der Waals surface area contributed by atoms with Gasteiger partial charge in [-0.2, -0.15) is 5.10 Å². The van der Waals surface area contributed by atoms with Gasteiger partial charge in [-0.3, -0.25) is 4.79 Å². The molecule has 0 atom stereocenters. The maximum Gasteiger partial charge on any atom is 0.307 e. The van der Waals surface area contributed by atoms with Gasteiger partial charge in [-0.05, 0) is 55.0 Å². The number of fused-ring (bicyclic) bond motifs is 2. The topological polar surface area (TPSA) is 59.5 Å². The lowest BCUT2D eigenvalue weighted by Gasteiger charge is -2.11. The van der Waals surface area contributed by atoms with Crippen molar-refractivity contribution in [3.05, 3.63) is 102 Å². The number of aryl methyl sites for hydroxylation is 1. The highest BCUT2D eigenvalue weighted by Gasteiger charge is 2.12. The van der Waals surface area contributed by atoms with E-state index in [1.807, 2.05) is 43.3 Å². The lowest BCUT2D eigenvalue weighted by atomic mass is 10.1. The monoisotopic (exact) mass is 407 g/mol. The summed E-state index contributed by atoms with van der Waals surface area (Å²) in [6.45, 7) is 4.11. The molecular weight excluding hydrogens is 386 g/mol. The molecule has 2 aromatic heterocycles. The van der Waals surface area contributed by atoms with E-state index in [-0.39, 0.29) is 11.7 Å². The largest absolute Gasteiger partial charge is 0.451 e. The minimum atomic E-state index is -0.379. The molecule has 0 bridgehead atoms. The Hall–Kier alpha value is -4.12. The summed E-state index contributed by atoms with van der Waals surface area (Å²) in [7, 11) is 0. The van der Waals surface area contributed by atoms with Crippen LogP contribution in [0.1, 0.15) is 27.5 Å². The lowest BCUT2D eigenvalue weighted by molar-refractivity contribution is 0.0929. The molecule has 31 heavy (non-hydrogen) atoms. The third kappa shape index (κ3) is 3.51. The Morgan fingerprint density at radius 1 is 0.903 bits per heavy atom. The van der Waals surface area contributed by atoms with Gasteiger partial charge in [-0.15, -0.1) is 0 Å². The van der Waals surface area contributed by atoms with E-state index in [9.17, 15) is 4.79 Å². The van der Waals surface area contributed by atoms with Crippen molar-refractivity contribution >= 4 is 33.9 Å². The van der Waals surface area contributed by atoms with Crippen molar-refractivity contribution in [1.82, 2.24) is 9.99 Å². The van der Waals surface area contributed by atoms with Crippen LogP contribution >= 0.6 is 0 Å². The third-order valence-corrected chi connectivity index (χ3v) is 5.48. The molecule has 5 nitrogen and oxygen atoms in total. The van der Waals surface area contributed by atoms with Crippen LogP contribution in [-0.4, -0.2) is 16.7 Å². The van der Waals surface area contributed by atoms with Gasteiger partial charge in [-0.25, -0.2) is 5.43 Å². The van der Waals surface area contributed by atoms with Gasteiger partial charge < -0.3 is 8.98 Å². The number of aromatic nitrogens is 1. The van der Waals surface area contributed by atoms with Crippen LogP contribution in [0.15, 0.2) is 88.4 Å². The molecule has 0 saturated heterocycles. The zero-order valence-corrected chi connectivity index (χ0v) is 17.3. The van der Waals surface area contributed by atoms with Crippen LogP contribution in [0.25, 0.3) is 27.4 Å². The van der Waals surface area contributed by atoms with E-state index >= 15 is 0 Å². The summed E-state index contributed by atoms with van der Waals surface area (Å²) in [5, 5.41) is 7.44. The molecular formula is C26H21N3O2. The van der Waals surface area contributed by atoms with Crippen LogP contribution in [0.4, 0.5) is 0 Å². The average Bonchev–Trinajstić information content (AvgIpc) is 3.34. The first-order chi connectivity index (χ1) is 15.1. The van der Waals surface area contributed by atoms with Crippen LogP contribution in [0, 0.1) is 13.8 Å². The number of furan rings is 1. The molecule has 1 amide bonds. The number of nitrogens with one attached hydrogen (secondary N) is 1. The summed E-state index contributed by atoms with van der Waals surface area (Å²) in [5.74, 6) is -0.143. The van der Waals surface area contributed by atoms with Crippen molar-refractivity contribution in [3.63, 3.8) is 0 Å². The van der Waals surface area contributed by atoms with E-state index in [4.69, 9.17) is 4.42 Å². The van der Waals surface area contributed by atoms with Crippen LogP contribution in [-0.2, 0) is 0 Å². The second-order valence-corrected chi connectivity index (χ2v) is 7.54. The molecule has 5 aromatic rings. The number of para-hydroxylation sites is 1. The lowest BCUT2D eigenvalue weighted by Crippen LogP contribution is -2.16. The minimum Gasteiger partial charge on any atom is -0.451 e. The first-order valence-electron chi connectivity index (χ1n) is 10.1. The maximum atomic E-state index is 12.4. The first-order valence-corrected chi connectivity index (χ1v) is 10.1. The number of rotatable bonds is 4. The van der Waals surface area contributed by atoms with E-state index in [0.29, 0.717) is 5.58 Å². The highest BCUT2D eigenvalue weighted by Crippen LogP contribution is 2.24. The average molecular weight is 407 g/mol. The number of benzene rings is 3. The van der Waals surface area contributed by atoms with Crippen molar-refractivity contribution in [2.24, 2.45) is 5.10 Å². The molecule has 3 aromatic carbocycles. The van der Waals surface area contributed by atoms with Crippen molar-refractivity contribution < 1.29 is 9.21 Å². The molecule has 0 fully saturated rings. The first kappa shape index (κ1) is 18.9. The second kappa shape index (κ2) is 7.61. The number of carbonyl (C=O) groups is 1. The third-order valence-electron chi connectivity index (χ3n) is 5.48. The molecule has 0 spiro atoms. The van der Waals surface area contributed by atoms with Gasteiger partial charge in [-0.1, -0.05) is 48.5 Å². The normalized spacial score (nSPS) is 11.5. The fourth-order valence-corrected chi connectivity index (χ4v) is 3.94. The summed E-state index contributed by atoms with van der Waals surface area (Å²) in [6, 6.07) is 26.0. The molecule has 2 heterocycles. The minimum absolute atomic E-state index is 0.236. The zero-order chi connectivity index (χ0) is 21.4. The fourth-order valence-electron chi connectivity index (χ4n) is 3.94. The van der Waals surface area contributed by atoms with Crippen LogP contribution in [0.2, 0.25) is 0 Å². The zero-order valence-electron chi connectivity index (χ0n) is 17.3. The van der Waals surface area contributed by atoms with Gasteiger partial charge in [0, 0.05) is 28.0 Å². The van der Waals surface area contributed by atoms with E-state index < -0.39 is 0 Å². The summed E-state index contributed by atoms with van der Waals surface area (Å²) >= 11 is 0. The van der Waals surface area contributed by atoms with Gasteiger partial charge in [0.05, 0.1) is 6.21 Å². The molecule has 1 N–H and O–H groups in total. The van der Waals surface area contributed by atoms with Crippen molar-refractivity contribution in [1.29, 1.82) is 0 Å². The van der Waals surface area contributed by atoms with Crippen LogP contribution < -0.4 is 5.43 Å². The van der Waals surface area contributed by atoms with Gasteiger partial charge in [0.15, 0.2) is 5.76 Å². The quantitative estimate of drug-likeness (QED) is 0.304. The smallest absolute Gasteiger partial charge is 0.307 e.